The highest BCUT2D eigenvalue weighted by Gasteiger charge is 2.09. The third-order valence-electron chi connectivity index (χ3n) is 2.04. The average Bonchev–Trinajstić information content (AvgIpc) is 2.11. The summed E-state index contributed by atoms with van der Waals surface area (Å²) in [5.74, 6) is -0.953. The predicted octanol–water partition coefficient (Wildman–Crippen LogP) is 2.00. The second-order valence-corrected chi connectivity index (χ2v) is 3.27. The van der Waals surface area contributed by atoms with Crippen molar-refractivity contribution in [2.45, 2.75) is 33.1 Å². The number of nitrogens with one attached hydrogen (secondary N) is 1. The Hall–Kier alpha value is -0.990. The fourth-order valence-electron chi connectivity index (χ4n) is 0.922. The first-order valence-electron chi connectivity index (χ1n) is 4.72. The van der Waals surface area contributed by atoms with E-state index < -0.39 is 5.97 Å². The van der Waals surface area contributed by atoms with Crippen molar-refractivity contribution in [1.29, 1.82) is 0 Å². The molecule has 0 rings (SSSR count). The summed E-state index contributed by atoms with van der Waals surface area (Å²) in [5.41, 5.74) is 1.02. The van der Waals surface area contributed by atoms with Crippen LogP contribution in [-0.2, 0) is 4.79 Å². The maximum absolute atomic E-state index is 10.4. The van der Waals surface area contributed by atoms with Gasteiger partial charge >= 0.3 is 5.97 Å². The Morgan fingerprint density at radius 1 is 1.62 bits per heavy atom. The van der Waals surface area contributed by atoms with Crippen molar-refractivity contribution in [2.24, 2.45) is 5.92 Å². The second-order valence-electron chi connectivity index (χ2n) is 3.27. The summed E-state index contributed by atoms with van der Waals surface area (Å²) < 4.78 is 0. The van der Waals surface area contributed by atoms with E-state index in [1.54, 1.807) is 6.92 Å². The van der Waals surface area contributed by atoms with Gasteiger partial charge in [0.25, 0.3) is 0 Å². The van der Waals surface area contributed by atoms with E-state index in [4.69, 9.17) is 5.11 Å². The summed E-state index contributed by atoms with van der Waals surface area (Å²) in [4.78, 5) is 10.4. The van der Waals surface area contributed by atoms with Crippen molar-refractivity contribution >= 4 is 5.97 Å². The summed E-state index contributed by atoms with van der Waals surface area (Å²) in [6.07, 6.45) is 2.53. The molecule has 0 aliphatic carbocycles. The number of hydrogen-bond donors (Lipinski definition) is 2. The molecule has 2 N–H and O–H groups in total. The van der Waals surface area contributed by atoms with E-state index >= 15 is 0 Å². The summed E-state index contributed by atoms with van der Waals surface area (Å²) >= 11 is 0. The third kappa shape index (κ3) is 6.20. The van der Waals surface area contributed by atoms with Gasteiger partial charge in [0.2, 0.25) is 0 Å². The summed E-state index contributed by atoms with van der Waals surface area (Å²) in [5, 5.41) is 11.7. The first kappa shape index (κ1) is 12.0. The molecule has 0 radical (unpaired) electrons. The quantitative estimate of drug-likeness (QED) is 0.596. The van der Waals surface area contributed by atoms with Gasteiger partial charge < -0.3 is 10.4 Å². The zero-order valence-corrected chi connectivity index (χ0v) is 8.47. The van der Waals surface area contributed by atoms with Crippen molar-refractivity contribution < 1.29 is 9.90 Å². The number of carbonyl (C=O) groups is 1. The van der Waals surface area contributed by atoms with Crippen molar-refractivity contribution in [1.82, 2.24) is 5.32 Å². The molecule has 13 heavy (non-hydrogen) atoms. The van der Waals surface area contributed by atoms with Crippen LogP contribution in [0.4, 0.5) is 0 Å². The Balaban J connectivity index is 3.35. The van der Waals surface area contributed by atoms with Gasteiger partial charge in [-0.1, -0.05) is 20.4 Å². The molecular formula is C10H19NO2. The highest BCUT2D eigenvalue weighted by atomic mass is 16.4. The second kappa shape index (κ2) is 6.52. The topological polar surface area (TPSA) is 49.3 Å². The van der Waals surface area contributed by atoms with Crippen molar-refractivity contribution in [3.63, 3.8) is 0 Å². The normalized spacial score (nSPS) is 12.2. The molecule has 0 saturated heterocycles. The summed E-state index contributed by atoms with van der Waals surface area (Å²) in [6.45, 7) is 8.39. The van der Waals surface area contributed by atoms with Crippen LogP contribution in [0.2, 0.25) is 0 Å². The fraction of sp³-hybridized carbons (Fsp3) is 0.700. The monoisotopic (exact) mass is 185 g/mol. The van der Waals surface area contributed by atoms with E-state index in [1.807, 2.05) is 6.92 Å². The number of rotatable bonds is 7. The molecule has 1 unspecified atom stereocenters. The molecule has 76 valence electrons. The zero-order valence-electron chi connectivity index (χ0n) is 8.47. The number of carboxylic acids is 1. The molecule has 3 nitrogen and oxygen atoms in total. The van der Waals surface area contributed by atoms with Crippen LogP contribution in [0, 0.1) is 5.92 Å². The van der Waals surface area contributed by atoms with Crippen LogP contribution < -0.4 is 5.32 Å². The van der Waals surface area contributed by atoms with Gasteiger partial charge in [0.15, 0.2) is 0 Å². The van der Waals surface area contributed by atoms with Crippen LogP contribution in [0.15, 0.2) is 12.3 Å². The Labute approximate surface area is 79.8 Å². The molecule has 0 aromatic rings. The molecule has 0 fully saturated rings. The Morgan fingerprint density at radius 3 is 2.69 bits per heavy atom. The third-order valence-corrected chi connectivity index (χ3v) is 2.04. The molecule has 1 atom stereocenters. The number of hydrogen-bond acceptors (Lipinski definition) is 2. The maximum atomic E-state index is 10.4. The van der Waals surface area contributed by atoms with E-state index in [9.17, 15) is 4.79 Å². The lowest BCUT2D eigenvalue weighted by Gasteiger charge is -2.08. The van der Waals surface area contributed by atoms with E-state index in [1.165, 1.54) is 0 Å². The van der Waals surface area contributed by atoms with Gasteiger partial charge in [-0.05, 0) is 19.3 Å². The number of carboxylic acid groups (broad SMARTS) is 1. The Bertz CT molecular complexity index is 178. The Kier molecular flexibility index (Phi) is 6.02. The minimum atomic E-state index is -0.714. The Morgan fingerprint density at radius 2 is 2.23 bits per heavy atom. The van der Waals surface area contributed by atoms with Crippen LogP contribution in [0.25, 0.3) is 0 Å². The minimum Gasteiger partial charge on any atom is -0.481 e. The molecule has 0 saturated carbocycles. The van der Waals surface area contributed by atoms with Crippen molar-refractivity contribution in [3.05, 3.63) is 12.3 Å². The van der Waals surface area contributed by atoms with E-state index in [0.717, 1.165) is 31.5 Å². The minimum absolute atomic E-state index is 0.239. The van der Waals surface area contributed by atoms with Gasteiger partial charge in [-0.25, -0.2) is 0 Å². The lowest BCUT2D eigenvalue weighted by Crippen LogP contribution is -2.16. The number of aliphatic carboxylic acids is 1. The van der Waals surface area contributed by atoms with E-state index in [-0.39, 0.29) is 5.92 Å². The van der Waals surface area contributed by atoms with E-state index in [2.05, 4.69) is 11.9 Å². The highest BCUT2D eigenvalue weighted by Crippen LogP contribution is 2.04. The van der Waals surface area contributed by atoms with Gasteiger partial charge in [-0.3, -0.25) is 4.79 Å². The lowest BCUT2D eigenvalue weighted by atomic mass is 10.1. The average molecular weight is 185 g/mol. The molecular weight excluding hydrogens is 166 g/mol. The molecule has 0 aromatic heterocycles. The first-order valence-corrected chi connectivity index (χ1v) is 4.72. The summed E-state index contributed by atoms with van der Waals surface area (Å²) in [6, 6.07) is 0. The molecule has 0 aliphatic rings. The molecule has 0 amide bonds. The van der Waals surface area contributed by atoms with Crippen LogP contribution in [0.3, 0.4) is 0 Å². The van der Waals surface area contributed by atoms with E-state index in [0.29, 0.717) is 0 Å². The standard InChI is InChI=1S/C10H19NO2/c1-4-9(3)11-7-5-6-8(2)10(12)13/h8,11H,3-7H2,1-2H3,(H,12,13). The smallest absolute Gasteiger partial charge is 0.306 e. The van der Waals surface area contributed by atoms with Gasteiger partial charge in [0, 0.05) is 12.2 Å². The van der Waals surface area contributed by atoms with Crippen molar-refractivity contribution in [2.75, 3.05) is 6.54 Å². The van der Waals surface area contributed by atoms with Gasteiger partial charge in [-0.15, -0.1) is 0 Å². The van der Waals surface area contributed by atoms with Gasteiger partial charge in [-0.2, -0.15) is 0 Å². The largest absolute Gasteiger partial charge is 0.481 e. The molecule has 0 spiro atoms. The lowest BCUT2D eigenvalue weighted by molar-refractivity contribution is -0.141. The molecule has 0 aliphatic heterocycles. The van der Waals surface area contributed by atoms with Gasteiger partial charge in [0.05, 0.1) is 5.92 Å². The highest BCUT2D eigenvalue weighted by molar-refractivity contribution is 5.69. The van der Waals surface area contributed by atoms with Crippen LogP contribution >= 0.6 is 0 Å². The first-order chi connectivity index (χ1) is 6.07. The zero-order chi connectivity index (χ0) is 10.3. The SMILES string of the molecule is C=C(CC)NCCCC(C)C(=O)O. The van der Waals surface area contributed by atoms with Crippen molar-refractivity contribution in [3.8, 4) is 0 Å². The molecule has 3 heteroatoms. The molecule has 0 bridgehead atoms. The maximum Gasteiger partial charge on any atom is 0.306 e. The molecule has 0 aromatic carbocycles. The predicted molar refractivity (Wildman–Crippen MR) is 53.5 cm³/mol. The van der Waals surface area contributed by atoms with Crippen LogP contribution in [0.5, 0.6) is 0 Å². The van der Waals surface area contributed by atoms with Crippen LogP contribution in [0.1, 0.15) is 33.1 Å². The van der Waals surface area contributed by atoms with Gasteiger partial charge in [0.1, 0.15) is 0 Å². The molecule has 0 heterocycles. The summed E-state index contributed by atoms with van der Waals surface area (Å²) in [7, 11) is 0. The number of allylic oxidation sites excluding steroid dienone is 1. The fourth-order valence-corrected chi connectivity index (χ4v) is 0.922. The van der Waals surface area contributed by atoms with Crippen LogP contribution in [-0.4, -0.2) is 17.6 Å².